The quantitative estimate of drug-likeness (QED) is 0.941. The summed E-state index contributed by atoms with van der Waals surface area (Å²) in [4.78, 5) is 4.95. The molecule has 6 rings (SSSR count). The van der Waals surface area contributed by atoms with Crippen LogP contribution in [-0.4, -0.2) is 28.3 Å². The van der Waals surface area contributed by atoms with Gasteiger partial charge in [-0.2, -0.15) is 0 Å². The van der Waals surface area contributed by atoms with Crippen molar-refractivity contribution in [3.05, 3.63) is 30.1 Å². The minimum atomic E-state index is -0.814. The molecule has 3 aliphatic carbocycles. The summed E-state index contributed by atoms with van der Waals surface area (Å²) < 4.78 is 16.3. The largest absolute Gasteiger partial charge is 0.327 e. The molecule has 22 heavy (non-hydrogen) atoms. The SMILES string of the molecule is FC12CC(Cn3c(C4CCNCC4)nc4ccccc43)(C1)C2. The number of rotatable bonds is 3. The average molecular weight is 299 g/mol. The number of hydrogen-bond donors (Lipinski definition) is 1. The van der Waals surface area contributed by atoms with Crippen LogP contribution < -0.4 is 5.32 Å². The lowest BCUT2D eigenvalue weighted by atomic mass is 9.42. The van der Waals surface area contributed by atoms with Gasteiger partial charge in [0.1, 0.15) is 11.5 Å². The van der Waals surface area contributed by atoms with Gasteiger partial charge in [-0.1, -0.05) is 12.1 Å². The van der Waals surface area contributed by atoms with E-state index in [9.17, 15) is 4.39 Å². The molecule has 0 unspecified atom stereocenters. The number of fused-ring (bicyclic) bond motifs is 1. The van der Waals surface area contributed by atoms with Crippen molar-refractivity contribution < 1.29 is 4.39 Å². The molecule has 2 aromatic rings. The summed E-state index contributed by atoms with van der Waals surface area (Å²) in [6, 6.07) is 8.42. The highest BCUT2D eigenvalue weighted by Crippen LogP contribution is 2.70. The summed E-state index contributed by atoms with van der Waals surface area (Å²) in [6.45, 7) is 3.11. The highest BCUT2D eigenvalue weighted by Gasteiger charge is 2.69. The summed E-state index contributed by atoms with van der Waals surface area (Å²) in [5.74, 6) is 1.78. The van der Waals surface area contributed by atoms with Crippen LogP contribution in [0.25, 0.3) is 11.0 Å². The first-order chi connectivity index (χ1) is 10.7. The molecular weight excluding hydrogens is 277 g/mol. The third kappa shape index (κ3) is 1.79. The fourth-order valence-corrected chi connectivity index (χ4v) is 5.02. The lowest BCUT2D eigenvalue weighted by molar-refractivity contribution is -0.220. The van der Waals surface area contributed by atoms with Gasteiger partial charge in [-0.15, -0.1) is 0 Å². The number of nitrogens with zero attached hydrogens (tertiary/aromatic N) is 2. The third-order valence-electron chi connectivity index (χ3n) is 5.96. The molecule has 4 fully saturated rings. The van der Waals surface area contributed by atoms with Crippen LogP contribution in [0.3, 0.4) is 0 Å². The van der Waals surface area contributed by atoms with Crippen molar-refractivity contribution in [2.24, 2.45) is 5.41 Å². The van der Waals surface area contributed by atoms with Crippen LogP contribution in [0.4, 0.5) is 4.39 Å². The average Bonchev–Trinajstić information content (AvgIpc) is 2.84. The standard InChI is InChI=1S/C18H22FN3/c19-18-9-17(10-18,11-18)12-22-15-4-2-1-3-14(15)21-16(22)13-5-7-20-8-6-13/h1-4,13,20H,5-12H2. The topological polar surface area (TPSA) is 29.9 Å². The Morgan fingerprint density at radius 2 is 1.91 bits per heavy atom. The maximum absolute atomic E-state index is 13.9. The molecule has 0 radical (unpaired) electrons. The Hall–Kier alpha value is -1.42. The first-order valence-corrected chi connectivity index (χ1v) is 8.51. The lowest BCUT2D eigenvalue weighted by Gasteiger charge is -2.66. The van der Waals surface area contributed by atoms with E-state index in [0.717, 1.165) is 57.3 Å². The van der Waals surface area contributed by atoms with Crippen LogP contribution in [-0.2, 0) is 6.54 Å². The molecule has 1 N–H and O–H groups in total. The van der Waals surface area contributed by atoms with E-state index >= 15 is 0 Å². The Morgan fingerprint density at radius 3 is 2.64 bits per heavy atom. The van der Waals surface area contributed by atoms with Crippen LogP contribution >= 0.6 is 0 Å². The number of aromatic nitrogens is 2. The van der Waals surface area contributed by atoms with Crippen molar-refractivity contribution in [1.82, 2.24) is 14.9 Å². The summed E-state index contributed by atoms with van der Waals surface area (Å²) >= 11 is 0. The third-order valence-corrected chi connectivity index (χ3v) is 5.96. The second kappa shape index (κ2) is 4.31. The van der Waals surface area contributed by atoms with Gasteiger partial charge in [-0.3, -0.25) is 0 Å². The van der Waals surface area contributed by atoms with E-state index in [4.69, 9.17) is 4.98 Å². The van der Waals surface area contributed by atoms with Gasteiger partial charge in [0.15, 0.2) is 0 Å². The van der Waals surface area contributed by atoms with Crippen molar-refractivity contribution >= 4 is 11.0 Å². The molecule has 2 heterocycles. The molecule has 0 atom stereocenters. The molecule has 1 aromatic heterocycles. The number of alkyl halides is 1. The van der Waals surface area contributed by atoms with Crippen LogP contribution in [0.15, 0.2) is 24.3 Å². The van der Waals surface area contributed by atoms with E-state index in [0.29, 0.717) is 5.92 Å². The molecule has 4 heteroatoms. The van der Waals surface area contributed by atoms with Crippen molar-refractivity contribution in [3.63, 3.8) is 0 Å². The predicted molar refractivity (Wildman–Crippen MR) is 84.7 cm³/mol. The number of hydrogen-bond acceptors (Lipinski definition) is 2. The summed E-state index contributed by atoms with van der Waals surface area (Å²) in [5, 5.41) is 3.43. The van der Waals surface area contributed by atoms with Gasteiger partial charge in [-0.05, 0) is 62.7 Å². The Morgan fingerprint density at radius 1 is 1.18 bits per heavy atom. The zero-order valence-electron chi connectivity index (χ0n) is 12.8. The number of benzene rings is 1. The fraction of sp³-hybridized carbons (Fsp3) is 0.611. The zero-order chi connectivity index (χ0) is 14.8. The molecule has 0 amide bonds. The molecule has 1 aliphatic heterocycles. The molecule has 1 aromatic carbocycles. The molecule has 4 aliphatic rings. The van der Waals surface area contributed by atoms with Gasteiger partial charge < -0.3 is 9.88 Å². The Kier molecular flexibility index (Phi) is 2.56. The maximum atomic E-state index is 13.9. The predicted octanol–water partition coefficient (Wildman–Crippen LogP) is 3.40. The van der Waals surface area contributed by atoms with E-state index in [1.165, 1.54) is 11.3 Å². The number of para-hydroxylation sites is 2. The van der Waals surface area contributed by atoms with E-state index < -0.39 is 5.67 Å². The summed E-state index contributed by atoms with van der Waals surface area (Å²) in [6.07, 6.45) is 4.60. The smallest absolute Gasteiger partial charge is 0.113 e. The summed E-state index contributed by atoms with van der Waals surface area (Å²) in [7, 11) is 0. The van der Waals surface area contributed by atoms with Crippen molar-refractivity contribution in [2.75, 3.05) is 13.1 Å². The molecular formula is C18H22FN3. The van der Waals surface area contributed by atoms with Gasteiger partial charge in [0.05, 0.1) is 11.0 Å². The number of halogens is 1. The first kappa shape index (κ1) is 13.1. The van der Waals surface area contributed by atoms with E-state index in [1.807, 2.05) is 0 Å². The minimum Gasteiger partial charge on any atom is -0.327 e. The van der Waals surface area contributed by atoms with Crippen molar-refractivity contribution in [3.8, 4) is 0 Å². The molecule has 1 saturated heterocycles. The normalized spacial score (nSPS) is 34.4. The molecule has 0 spiro atoms. The number of imidazole rings is 1. The second-order valence-electron chi connectivity index (χ2n) is 7.75. The van der Waals surface area contributed by atoms with Crippen molar-refractivity contribution in [2.45, 2.75) is 50.2 Å². The zero-order valence-corrected chi connectivity index (χ0v) is 12.8. The summed E-state index contributed by atoms with van der Waals surface area (Å²) in [5.41, 5.74) is 1.73. The van der Waals surface area contributed by atoms with Crippen LogP contribution in [0.1, 0.15) is 43.8 Å². The van der Waals surface area contributed by atoms with Gasteiger partial charge in [0.2, 0.25) is 0 Å². The molecule has 3 saturated carbocycles. The molecule has 116 valence electrons. The monoisotopic (exact) mass is 299 g/mol. The van der Waals surface area contributed by atoms with Gasteiger partial charge in [0, 0.05) is 12.5 Å². The lowest BCUT2D eigenvalue weighted by Crippen LogP contribution is -2.65. The Bertz CT molecular complexity index is 709. The Balaban J connectivity index is 1.55. The number of nitrogens with one attached hydrogen (secondary N) is 1. The highest BCUT2D eigenvalue weighted by molar-refractivity contribution is 5.76. The van der Waals surface area contributed by atoms with Crippen molar-refractivity contribution in [1.29, 1.82) is 0 Å². The van der Waals surface area contributed by atoms with Crippen LogP contribution in [0.5, 0.6) is 0 Å². The van der Waals surface area contributed by atoms with Gasteiger partial charge >= 0.3 is 0 Å². The number of piperidine rings is 1. The van der Waals surface area contributed by atoms with E-state index in [2.05, 4.69) is 34.1 Å². The minimum absolute atomic E-state index is 0.222. The first-order valence-electron chi connectivity index (χ1n) is 8.51. The second-order valence-corrected chi connectivity index (χ2v) is 7.75. The fourth-order valence-electron chi connectivity index (χ4n) is 5.02. The molecule has 3 nitrogen and oxygen atoms in total. The van der Waals surface area contributed by atoms with E-state index in [1.54, 1.807) is 0 Å². The maximum Gasteiger partial charge on any atom is 0.113 e. The molecule has 2 bridgehead atoms. The highest BCUT2D eigenvalue weighted by atomic mass is 19.1. The van der Waals surface area contributed by atoms with Gasteiger partial charge in [0.25, 0.3) is 0 Å². The van der Waals surface area contributed by atoms with Crippen LogP contribution in [0, 0.1) is 5.41 Å². The van der Waals surface area contributed by atoms with Crippen LogP contribution in [0.2, 0.25) is 0 Å². The van der Waals surface area contributed by atoms with Gasteiger partial charge in [-0.25, -0.2) is 9.37 Å². The Labute approximate surface area is 129 Å². The van der Waals surface area contributed by atoms with E-state index in [-0.39, 0.29) is 5.41 Å².